The van der Waals surface area contributed by atoms with Crippen LogP contribution in [0.3, 0.4) is 0 Å². The Bertz CT molecular complexity index is 406. The second kappa shape index (κ2) is 5.22. The number of amides is 1. The number of carbonyl (C=O) groups excluding carboxylic acids is 1. The van der Waals surface area contributed by atoms with Crippen LogP contribution in [0.25, 0.3) is 0 Å². The largest absolute Gasteiger partial charge is 0.480 e. The SMILES string of the molecule is C[C@H](NC(=O)c1ccnc(CN)c1)C(=O)O. The summed E-state index contributed by atoms with van der Waals surface area (Å²) in [6, 6.07) is 2.11. The third kappa shape index (κ3) is 3.03. The molecule has 0 unspecified atom stereocenters. The molecule has 1 atom stereocenters. The topological polar surface area (TPSA) is 105 Å². The number of nitrogens with one attached hydrogen (secondary N) is 1. The van der Waals surface area contributed by atoms with E-state index < -0.39 is 17.9 Å². The molecule has 0 radical (unpaired) electrons. The van der Waals surface area contributed by atoms with Gasteiger partial charge < -0.3 is 16.2 Å². The van der Waals surface area contributed by atoms with Crippen molar-refractivity contribution in [1.82, 2.24) is 10.3 Å². The van der Waals surface area contributed by atoms with Crippen LogP contribution in [0, 0.1) is 0 Å². The van der Waals surface area contributed by atoms with Crippen molar-refractivity contribution in [2.45, 2.75) is 19.5 Å². The van der Waals surface area contributed by atoms with Crippen LogP contribution in [-0.4, -0.2) is 28.0 Å². The van der Waals surface area contributed by atoms with Crippen molar-refractivity contribution in [2.24, 2.45) is 5.73 Å². The van der Waals surface area contributed by atoms with Gasteiger partial charge in [0.2, 0.25) is 0 Å². The Labute approximate surface area is 92.5 Å². The number of hydrogen-bond acceptors (Lipinski definition) is 4. The molecule has 0 aromatic carbocycles. The number of rotatable bonds is 4. The van der Waals surface area contributed by atoms with Gasteiger partial charge >= 0.3 is 5.97 Å². The quantitative estimate of drug-likeness (QED) is 0.652. The minimum atomic E-state index is -1.08. The molecule has 0 saturated carbocycles. The first-order valence-corrected chi connectivity index (χ1v) is 4.73. The highest BCUT2D eigenvalue weighted by Gasteiger charge is 2.15. The molecule has 1 aromatic heterocycles. The zero-order valence-corrected chi connectivity index (χ0v) is 8.80. The average molecular weight is 223 g/mol. The number of carboxylic acids is 1. The number of nitrogens with zero attached hydrogens (tertiary/aromatic N) is 1. The second-order valence-corrected chi connectivity index (χ2v) is 3.27. The molecule has 0 aliphatic rings. The molecule has 6 nitrogen and oxygen atoms in total. The zero-order chi connectivity index (χ0) is 12.1. The van der Waals surface area contributed by atoms with E-state index in [1.54, 1.807) is 0 Å². The lowest BCUT2D eigenvalue weighted by Gasteiger charge is -2.09. The van der Waals surface area contributed by atoms with Crippen molar-refractivity contribution >= 4 is 11.9 Å². The van der Waals surface area contributed by atoms with Crippen LogP contribution in [0.4, 0.5) is 0 Å². The molecule has 1 heterocycles. The minimum absolute atomic E-state index is 0.232. The molecule has 4 N–H and O–H groups in total. The Morgan fingerprint density at radius 1 is 1.62 bits per heavy atom. The van der Waals surface area contributed by atoms with Crippen molar-refractivity contribution in [1.29, 1.82) is 0 Å². The Kier molecular flexibility index (Phi) is 3.96. The van der Waals surface area contributed by atoms with Gasteiger partial charge in [0.15, 0.2) is 0 Å². The molecule has 86 valence electrons. The fourth-order valence-electron chi connectivity index (χ4n) is 1.07. The molecule has 1 rings (SSSR count). The van der Waals surface area contributed by atoms with Gasteiger partial charge in [-0.3, -0.25) is 14.6 Å². The molecular weight excluding hydrogens is 210 g/mol. The van der Waals surface area contributed by atoms with Gasteiger partial charge in [-0.05, 0) is 19.1 Å². The number of hydrogen-bond donors (Lipinski definition) is 3. The molecule has 0 bridgehead atoms. The maximum atomic E-state index is 11.6. The van der Waals surface area contributed by atoms with Gasteiger partial charge in [-0.2, -0.15) is 0 Å². The molecule has 1 amide bonds. The molecule has 0 aliphatic heterocycles. The van der Waals surface area contributed by atoms with Gasteiger partial charge in [0.25, 0.3) is 5.91 Å². The van der Waals surface area contributed by atoms with Crippen LogP contribution in [0.1, 0.15) is 23.0 Å². The van der Waals surface area contributed by atoms with Crippen LogP contribution in [0.15, 0.2) is 18.3 Å². The molecule has 16 heavy (non-hydrogen) atoms. The highest BCUT2D eigenvalue weighted by atomic mass is 16.4. The maximum absolute atomic E-state index is 11.6. The summed E-state index contributed by atoms with van der Waals surface area (Å²) in [5.41, 5.74) is 6.31. The lowest BCUT2D eigenvalue weighted by molar-refractivity contribution is -0.138. The van der Waals surface area contributed by atoms with E-state index in [1.165, 1.54) is 25.3 Å². The van der Waals surface area contributed by atoms with Crippen LogP contribution in [0.2, 0.25) is 0 Å². The highest BCUT2D eigenvalue weighted by Crippen LogP contribution is 2.01. The smallest absolute Gasteiger partial charge is 0.325 e. The predicted molar refractivity (Wildman–Crippen MR) is 56.7 cm³/mol. The summed E-state index contributed by atoms with van der Waals surface area (Å²) >= 11 is 0. The minimum Gasteiger partial charge on any atom is -0.480 e. The fourth-order valence-corrected chi connectivity index (χ4v) is 1.07. The first-order valence-electron chi connectivity index (χ1n) is 4.73. The van der Waals surface area contributed by atoms with Gasteiger partial charge in [0.05, 0.1) is 5.69 Å². The Hall–Kier alpha value is -1.95. The lowest BCUT2D eigenvalue weighted by Crippen LogP contribution is -2.38. The van der Waals surface area contributed by atoms with Crippen LogP contribution in [0.5, 0.6) is 0 Å². The number of nitrogens with two attached hydrogens (primary N) is 1. The number of carboxylic acid groups (broad SMARTS) is 1. The molecule has 6 heteroatoms. The molecule has 0 spiro atoms. The zero-order valence-electron chi connectivity index (χ0n) is 8.80. The van der Waals surface area contributed by atoms with E-state index in [4.69, 9.17) is 10.8 Å². The van der Waals surface area contributed by atoms with E-state index in [0.717, 1.165) is 0 Å². The number of pyridine rings is 1. The Balaban J connectivity index is 2.76. The van der Waals surface area contributed by atoms with Crippen LogP contribution >= 0.6 is 0 Å². The number of carbonyl (C=O) groups is 2. The van der Waals surface area contributed by atoms with Gasteiger partial charge in [-0.15, -0.1) is 0 Å². The summed E-state index contributed by atoms with van der Waals surface area (Å²) in [6.07, 6.45) is 1.46. The van der Waals surface area contributed by atoms with E-state index in [0.29, 0.717) is 11.3 Å². The Morgan fingerprint density at radius 2 is 2.31 bits per heavy atom. The summed E-state index contributed by atoms with van der Waals surface area (Å²) in [4.78, 5) is 26.1. The van der Waals surface area contributed by atoms with Crippen molar-refractivity contribution in [3.8, 4) is 0 Å². The van der Waals surface area contributed by atoms with Gasteiger partial charge in [-0.1, -0.05) is 0 Å². The van der Waals surface area contributed by atoms with E-state index in [1.807, 2.05) is 0 Å². The first kappa shape index (κ1) is 12.1. The number of aliphatic carboxylic acids is 1. The summed E-state index contributed by atoms with van der Waals surface area (Å²) < 4.78 is 0. The molecule has 0 saturated heterocycles. The third-order valence-corrected chi connectivity index (χ3v) is 2.01. The van der Waals surface area contributed by atoms with E-state index >= 15 is 0 Å². The summed E-state index contributed by atoms with van der Waals surface area (Å²) in [5.74, 6) is -1.53. The van der Waals surface area contributed by atoms with E-state index in [-0.39, 0.29) is 6.54 Å². The molecule has 0 fully saturated rings. The predicted octanol–water partition coefficient (Wildman–Crippen LogP) is -0.257. The summed E-state index contributed by atoms with van der Waals surface area (Å²) in [6.45, 7) is 1.63. The van der Waals surface area contributed by atoms with Crippen LogP contribution in [-0.2, 0) is 11.3 Å². The molecular formula is C10H13N3O3. The van der Waals surface area contributed by atoms with Gasteiger partial charge in [0.1, 0.15) is 6.04 Å². The first-order chi connectivity index (χ1) is 7.54. The van der Waals surface area contributed by atoms with Crippen LogP contribution < -0.4 is 11.1 Å². The fraction of sp³-hybridized carbons (Fsp3) is 0.300. The average Bonchev–Trinajstić information content (AvgIpc) is 2.28. The highest BCUT2D eigenvalue weighted by molar-refractivity contribution is 5.96. The van der Waals surface area contributed by atoms with Gasteiger partial charge in [0, 0.05) is 18.3 Å². The van der Waals surface area contributed by atoms with Crippen molar-refractivity contribution in [3.63, 3.8) is 0 Å². The summed E-state index contributed by atoms with van der Waals surface area (Å²) in [7, 11) is 0. The lowest BCUT2D eigenvalue weighted by atomic mass is 10.2. The Morgan fingerprint density at radius 3 is 2.88 bits per heavy atom. The third-order valence-electron chi connectivity index (χ3n) is 2.01. The molecule has 0 aliphatic carbocycles. The standard InChI is InChI=1S/C10H13N3O3/c1-6(10(15)16)13-9(14)7-2-3-12-8(4-7)5-11/h2-4,6H,5,11H2,1H3,(H,13,14)(H,15,16)/t6-/m0/s1. The van der Waals surface area contributed by atoms with Crippen molar-refractivity contribution in [3.05, 3.63) is 29.6 Å². The molecule has 1 aromatic rings. The maximum Gasteiger partial charge on any atom is 0.325 e. The monoisotopic (exact) mass is 223 g/mol. The van der Waals surface area contributed by atoms with E-state index in [9.17, 15) is 9.59 Å². The van der Waals surface area contributed by atoms with Crippen molar-refractivity contribution < 1.29 is 14.7 Å². The normalized spacial score (nSPS) is 11.9. The summed E-state index contributed by atoms with van der Waals surface area (Å²) in [5, 5.41) is 11.0. The number of aromatic nitrogens is 1. The van der Waals surface area contributed by atoms with Crippen molar-refractivity contribution in [2.75, 3.05) is 0 Å². The second-order valence-electron chi connectivity index (χ2n) is 3.27. The van der Waals surface area contributed by atoms with Gasteiger partial charge in [-0.25, -0.2) is 0 Å². The van der Waals surface area contributed by atoms with E-state index in [2.05, 4.69) is 10.3 Å².